The van der Waals surface area contributed by atoms with Crippen molar-refractivity contribution >= 4 is 15.7 Å². The Labute approximate surface area is 125 Å². The molecule has 0 amide bonds. The Bertz CT molecular complexity index is 767. The molecule has 0 heterocycles. The third-order valence-corrected chi connectivity index (χ3v) is 4.93. The van der Waals surface area contributed by atoms with Crippen LogP contribution in [0.15, 0.2) is 41.3 Å². The summed E-state index contributed by atoms with van der Waals surface area (Å²) in [6.45, 7) is 5.31. The second-order valence-corrected chi connectivity index (χ2v) is 6.82. The molecule has 0 unspecified atom stereocenters. The molecule has 2 rings (SSSR count). The van der Waals surface area contributed by atoms with Crippen LogP contribution in [0, 0.1) is 20.8 Å². The van der Waals surface area contributed by atoms with Crippen molar-refractivity contribution in [2.45, 2.75) is 32.3 Å². The molecule has 4 nitrogen and oxygen atoms in total. The van der Waals surface area contributed by atoms with Gasteiger partial charge in [0.05, 0.1) is 11.5 Å². The molecule has 0 atom stereocenters. The number of hydrogen-bond donors (Lipinski definition) is 2. The van der Waals surface area contributed by atoms with E-state index in [-0.39, 0.29) is 11.5 Å². The van der Waals surface area contributed by atoms with Gasteiger partial charge in [-0.3, -0.25) is 4.72 Å². The Kier molecular flexibility index (Phi) is 4.34. The molecule has 0 aliphatic rings. The molecule has 2 aromatic carbocycles. The number of hydrogen-bond acceptors (Lipinski definition) is 3. The molecule has 0 saturated heterocycles. The van der Waals surface area contributed by atoms with Crippen LogP contribution in [0.4, 0.5) is 5.69 Å². The predicted molar refractivity (Wildman–Crippen MR) is 83.8 cm³/mol. The zero-order valence-electron chi connectivity index (χ0n) is 12.3. The van der Waals surface area contributed by atoms with E-state index < -0.39 is 10.0 Å². The maximum absolute atomic E-state index is 12.6. The Morgan fingerprint density at radius 2 is 1.81 bits per heavy atom. The van der Waals surface area contributed by atoms with Crippen LogP contribution in [0.1, 0.15) is 22.3 Å². The smallest absolute Gasteiger partial charge is 0.262 e. The lowest BCUT2D eigenvalue weighted by Crippen LogP contribution is -2.15. The van der Waals surface area contributed by atoms with Gasteiger partial charge < -0.3 is 5.11 Å². The second kappa shape index (κ2) is 5.87. The number of aliphatic hydroxyl groups excluding tert-OH is 1. The van der Waals surface area contributed by atoms with Crippen molar-refractivity contribution in [3.8, 4) is 0 Å². The summed E-state index contributed by atoms with van der Waals surface area (Å²) in [6, 6.07) is 10.5. The summed E-state index contributed by atoms with van der Waals surface area (Å²) < 4.78 is 27.7. The van der Waals surface area contributed by atoms with Crippen LogP contribution in [0.25, 0.3) is 0 Å². The molecule has 0 aromatic heterocycles. The fourth-order valence-corrected chi connectivity index (χ4v) is 3.61. The quantitative estimate of drug-likeness (QED) is 0.912. The van der Waals surface area contributed by atoms with Gasteiger partial charge >= 0.3 is 0 Å². The molecular weight excluding hydrogens is 286 g/mol. The highest BCUT2D eigenvalue weighted by atomic mass is 32.2. The monoisotopic (exact) mass is 305 g/mol. The van der Waals surface area contributed by atoms with Gasteiger partial charge in [-0.1, -0.05) is 18.2 Å². The van der Waals surface area contributed by atoms with Crippen molar-refractivity contribution in [2.75, 3.05) is 4.72 Å². The summed E-state index contributed by atoms with van der Waals surface area (Å²) in [4.78, 5) is 0.202. The first-order chi connectivity index (χ1) is 9.83. The molecule has 2 aromatic rings. The number of benzene rings is 2. The lowest BCUT2D eigenvalue weighted by Gasteiger charge is -2.14. The van der Waals surface area contributed by atoms with Crippen molar-refractivity contribution in [3.63, 3.8) is 0 Å². The summed E-state index contributed by atoms with van der Waals surface area (Å²) in [5.74, 6) is 0. The summed E-state index contributed by atoms with van der Waals surface area (Å²) in [5.41, 5.74) is 3.62. The second-order valence-electron chi connectivity index (χ2n) is 5.17. The number of aryl methyl sites for hydroxylation is 2. The van der Waals surface area contributed by atoms with Crippen LogP contribution in [-0.2, 0) is 16.6 Å². The minimum atomic E-state index is -3.68. The van der Waals surface area contributed by atoms with Crippen molar-refractivity contribution in [1.82, 2.24) is 0 Å². The van der Waals surface area contributed by atoms with Gasteiger partial charge in [0.15, 0.2) is 0 Å². The van der Waals surface area contributed by atoms with E-state index in [0.29, 0.717) is 16.8 Å². The Balaban J connectivity index is 2.47. The van der Waals surface area contributed by atoms with Crippen molar-refractivity contribution < 1.29 is 13.5 Å². The largest absolute Gasteiger partial charge is 0.392 e. The maximum atomic E-state index is 12.6. The maximum Gasteiger partial charge on any atom is 0.262 e. The third-order valence-electron chi connectivity index (χ3n) is 3.42. The molecule has 0 saturated carbocycles. The van der Waals surface area contributed by atoms with Crippen LogP contribution in [-0.4, -0.2) is 13.5 Å². The van der Waals surface area contributed by atoms with Crippen molar-refractivity contribution in [2.24, 2.45) is 0 Å². The van der Waals surface area contributed by atoms with E-state index in [1.807, 2.05) is 19.9 Å². The highest BCUT2D eigenvalue weighted by Gasteiger charge is 2.19. The molecule has 0 spiro atoms. The average Bonchev–Trinajstić information content (AvgIpc) is 2.41. The van der Waals surface area contributed by atoms with Crippen molar-refractivity contribution in [3.05, 3.63) is 58.7 Å². The molecule has 0 bridgehead atoms. The van der Waals surface area contributed by atoms with Gasteiger partial charge in [-0.25, -0.2) is 8.42 Å². The van der Waals surface area contributed by atoms with E-state index in [1.165, 1.54) is 6.07 Å². The van der Waals surface area contributed by atoms with Crippen LogP contribution in [0.2, 0.25) is 0 Å². The molecule has 0 aliphatic heterocycles. The Morgan fingerprint density at radius 1 is 1.10 bits per heavy atom. The summed E-state index contributed by atoms with van der Waals surface area (Å²) >= 11 is 0. The molecular formula is C16H19NO3S. The van der Waals surface area contributed by atoms with Gasteiger partial charge in [-0.15, -0.1) is 0 Å². The van der Waals surface area contributed by atoms with E-state index >= 15 is 0 Å². The van der Waals surface area contributed by atoms with E-state index in [0.717, 1.165) is 11.1 Å². The topological polar surface area (TPSA) is 66.4 Å². The fraction of sp³-hybridized carbons (Fsp3) is 0.250. The molecule has 2 N–H and O–H groups in total. The van der Waals surface area contributed by atoms with E-state index in [4.69, 9.17) is 0 Å². The minimum absolute atomic E-state index is 0.186. The molecule has 0 aliphatic carbocycles. The van der Waals surface area contributed by atoms with E-state index in [1.54, 1.807) is 31.2 Å². The Morgan fingerprint density at radius 3 is 2.43 bits per heavy atom. The van der Waals surface area contributed by atoms with Gasteiger partial charge in [0.2, 0.25) is 0 Å². The van der Waals surface area contributed by atoms with Crippen LogP contribution in [0.5, 0.6) is 0 Å². The van der Waals surface area contributed by atoms with Gasteiger partial charge in [0, 0.05) is 5.69 Å². The van der Waals surface area contributed by atoms with Crippen LogP contribution < -0.4 is 4.72 Å². The lowest BCUT2D eigenvalue weighted by atomic mass is 10.1. The highest BCUT2D eigenvalue weighted by Crippen LogP contribution is 2.24. The summed E-state index contributed by atoms with van der Waals surface area (Å²) in [6.07, 6.45) is 0. The molecule has 0 radical (unpaired) electrons. The van der Waals surface area contributed by atoms with Crippen LogP contribution in [0.3, 0.4) is 0 Å². The number of anilines is 1. The fourth-order valence-electron chi connectivity index (χ4n) is 2.19. The number of aliphatic hydroxyl groups is 1. The summed E-state index contributed by atoms with van der Waals surface area (Å²) in [7, 11) is -3.68. The Hall–Kier alpha value is -1.85. The molecule has 112 valence electrons. The van der Waals surface area contributed by atoms with Crippen molar-refractivity contribution in [1.29, 1.82) is 0 Å². The van der Waals surface area contributed by atoms with Gasteiger partial charge in [0.1, 0.15) is 0 Å². The van der Waals surface area contributed by atoms with E-state index in [2.05, 4.69) is 4.72 Å². The predicted octanol–water partition coefficient (Wildman–Crippen LogP) is 2.90. The normalized spacial score (nSPS) is 11.4. The molecule has 5 heteroatoms. The van der Waals surface area contributed by atoms with E-state index in [9.17, 15) is 13.5 Å². The number of nitrogens with one attached hydrogen (secondary N) is 1. The first-order valence-electron chi connectivity index (χ1n) is 6.64. The lowest BCUT2D eigenvalue weighted by molar-refractivity contribution is 0.281. The van der Waals surface area contributed by atoms with Gasteiger partial charge in [-0.05, 0) is 61.2 Å². The minimum Gasteiger partial charge on any atom is -0.392 e. The zero-order chi connectivity index (χ0) is 15.6. The average molecular weight is 305 g/mol. The third kappa shape index (κ3) is 3.43. The SMILES string of the molecule is Cc1cccc(NS(=O)(=O)c2cc(CO)cc(C)c2C)c1. The molecule has 0 fully saturated rings. The summed E-state index contributed by atoms with van der Waals surface area (Å²) in [5, 5.41) is 9.25. The van der Waals surface area contributed by atoms with Crippen LogP contribution >= 0.6 is 0 Å². The zero-order valence-corrected chi connectivity index (χ0v) is 13.2. The number of sulfonamides is 1. The first kappa shape index (κ1) is 15.5. The molecule has 21 heavy (non-hydrogen) atoms. The standard InChI is InChI=1S/C16H19NO3S/c1-11-5-4-6-15(7-11)17-21(19,20)16-9-14(10-18)8-12(2)13(16)3/h4-9,17-18H,10H2,1-3H3. The highest BCUT2D eigenvalue weighted by molar-refractivity contribution is 7.92. The number of rotatable bonds is 4. The van der Waals surface area contributed by atoms with Gasteiger partial charge in [-0.2, -0.15) is 0 Å². The van der Waals surface area contributed by atoms with Gasteiger partial charge in [0.25, 0.3) is 10.0 Å². The first-order valence-corrected chi connectivity index (χ1v) is 8.12.